The Morgan fingerprint density at radius 2 is 1.63 bits per heavy atom. The molecule has 19 heavy (non-hydrogen) atoms. The standard InChI is InChI=1S/C14H12Br2ClNO/c1-8(18)9-2-4-13(11(15)6-9)19-14-5-3-10(17)7-12(14)16/h2-8H,18H2,1H3/t8-/m0/s1. The van der Waals surface area contributed by atoms with E-state index in [4.69, 9.17) is 22.1 Å². The maximum Gasteiger partial charge on any atom is 0.141 e. The molecule has 2 aromatic carbocycles. The van der Waals surface area contributed by atoms with Crippen LogP contribution in [0.3, 0.4) is 0 Å². The van der Waals surface area contributed by atoms with E-state index in [1.165, 1.54) is 0 Å². The molecule has 2 nitrogen and oxygen atoms in total. The molecule has 0 saturated carbocycles. The van der Waals surface area contributed by atoms with Crippen LogP contribution in [0.15, 0.2) is 45.3 Å². The Bertz CT molecular complexity index is 602. The molecule has 0 unspecified atom stereocenters. The minimum Gasteiger partial charge on any atom is -0.455 e. The summed E-state index contributed by atoms with van der Waals surface area (Å²) in [5.74, 6) is 1.44. The van der Waals surface area contributed by atoms with Crippen LogP contribution >= 0.6 is 43.5 Å². The lowest BCUT2D eigenvalue weighted by Gasteiger charge is -2.12. The Balaban J connectivity index is 2.28. The molecule has 0 aliphatic rings. The minimum atomic E-state index is -0.00684. The third-order valence-corrected chi connectivity index (χ3v) is 4.07. The minimum absolute atomic E-state index is 0.00684. The molecule has 0 aliphatic heterocycles. The van der Waals surface area contributed by atoms with Gasteiger partial charge in [0.1, 0.15) is 11.5 Å². The number of rotatable bonds is 3. The number of ether oxygens (including phenoxy) is 1. The molecule has 0 radical (unpaired) electrons. The van der Waals surface area contributed by atoms with Crippen molar-refractivity contribution in [2.75, 3.05) is 0 Å². The van der Waals surface area contributed by atoms with E-state index in [2.05, 4.69) is 31.9 Å². The molecule has 0 bridgehead atoms. The highest BCUT2D eigenvalue weighted by molar-refractivity contribution is 9.11. The highest BCUT2D eigenvalue weighted by atomic mass is 79.9. The first-order valence-corrected chi connectivity index (χ1v) is 7.61. The van der Waals surface area contributed by atoms with Crippen LogP contribution < -0.4 is 10.5 Å². The number of hydrogen-bond donors (Lipinski definition) is 1. The maximum atomic E-state index is 5.90. The van der Waals surface area contributed by atoms with Crippen LogP contribution in [0, 0.1) is 0 Å². The van der Waals surface area contributed by atoms with Gasteiger partial charge in [-0.2, -0.15) is 0 Å². The number of halogens is 3. The van der Waals surface area contributed by atoms with Crippen LogP contribution in [0.4, 0.5) is 0 Å². The number of nitrogens with two attached hydrogens (primary N) is 1. The van der Waals surface area contributed by atoms with E-state index in [-0.39, 0.29) is 6.04 Å². The lowest BCUT2D eigenvalue weighted by molar-refractivity contribution is 0.476. The Kier molecular flexibility index (Phi) is 4.90. The normalized spacial score (nSPS) is 12.3. The first-order valence-electron chi connectivity index (χ1n) is 5.65. The van der Waals surface area contributed by atoms with E-state index in [1.807, 2.05) is 31.2 Å². The molecule has 5 heteroatoms. The Hall–Kier alpha value is -0.550. The molecule has 1 atom stereocenters. The second-order valence-electron chi connectivity index (χ2n) is 4.16. The largest absolute Gasteiger partial charge is 0.455 e. The van der Waals surface area contributed by atoms with Crippen molar-refractivity contribution in [2.24, 2.45) is 5.73 Å². The summed E-state index contributed by atoms with van der Waals surface area (Å²) < 4.78 is 7.51. The van der Waals surface area contributed by atoms with Gasteiger partial charge in [-0.25, -0.2) is 0 Å². The molecular weight excluding hydrogens is 393 g/mol. The van der Waals surface area contributed by atoms with Gasteiger partial charge in [0.15, 0.2) is 0 Å². The van der Waals surface area contributed by atoms with E-state index in [9.17, 15) is 0 Å². The van der Waals surface area contributed by atoms with Gasteiger partial charge in [-0.1, -0.05) is 17.7 Å². The molecule has 0 aromatic heterocycles. The second-order valence-corrected chi connectivity index (χ2v) is 6.30. The van der Waals surface area contributed by atoms with Gasteiger partial charge in [0, 0.05) is 11.1 Å². The second kappa shape index (κ2) is 6.27. The summed E-state index contributed by atoms with van der Waals surface area (Å²) >= 11 is 12.8. The molecule has 2 rings (SSSR count). The van der Waals surface area contributed by atoms with Gasteiger partial charge in [-0.15, -0.1) is 0 Å². The zero-order valence-electron chi connectivity index (χ0n) is 10.2. The average Bonchev–Trinajstić information content (AvgIpc) is 2.34. The Labute approximate surface area is 134 Å². The van der Waals surface area contributed by atoms with Gasteiger partial charge >= 0.3 is 0 Å². The highest BCUT2D eigenvalue weighted by Gasteiger charge is 2.08. The molecule has 2 N–H and O–H groups in total. The van der Waals surface area contributed by atoms with Crippen LogP contribution in [-0.4, -0.2) is 0 Å². The van der Waals surface area contributed by atoms with Gasteiger partial charge in [0.05, 0.1) is 8.95 Å². The Morgan fingerprint density at radius 3 is 2.16 bits per heavy atom. The van der Waals surface area contributed by atoms with Crippen molar-refractivity contribution < 1.29 is 4.74 Å². The molecule has 0 spiro atoms. The maximum absolute atomic E-state index is 5.90. The molecule has 0 saturated heterocycles. The fourth-order valence-electron chi connectivity index (χ4n) is 1.56. The highest BCUT2D eigenvalue weighted by Crippen LogP contribution is 2.36. The van der Waals surface area contributed by atoms with E-state index in [0.717, 1.165) is 20.3 Å². The average molecular weight is 406 g/mol. The third-order valence-electron chi connectivity index (χ3n) is 2.60. The topological polar surface area (TPSA) is 35.2 Å². The van der Waals surface area contributed by atoms with Crippen molar-refractivity contribution in [3.63, 3.8) is 0 Å². The molecule has 0 heterocycles. The van der Waals surface area contributed by atoms with E-state index in [1.54, 1.807) is 12.1 Å². The fourth-order valence-corrected chi connectivity index (χ4v) is 2.80. The van der Waals surface area contributed by atoms with Gasteiger partial charge in [0.2, 0.25) is 0 Å². The van der Waals surface area contributed by atoms with Crippen molar-refractivity contribution in [1.29, 1.82) is 0 Å². The SMILES string of the molecule is C[C@H](N)c1ccc(Oc2ccc(Cl)cc2Br)c(Br)c1. The fraction of sp³-hybridized carbons (Fsp3) is 0.143. The molecule has 0 aliphatic carbocycles. The Morgan fingerprint density at radius 1 is 1.05 bits per heavy atom. The predicted octanol–water partition coefficient (Wildman–Crippen LogP) is 5.68. The van der Waals surface area contributed by atoms with Gasteiger partial charge < -0.3 is 10.5 Å². The van der Waals surface area contributed by atoms with Crippen LogP contribution in [-0.2, 0) is 0 Å². The quantitative estimate of drug-likeness (QED) is 0.713. The summed E-state index contributed by atoms with van der Waals surface area (Å²) in [6.07, 6.45) is 0. The van der Waals surface area contributed by atoms with E-state index >= 15 is 0 Å². The summed E-state index contributed by atoms with van der Waals surface area (Å²) in [5, 5.41) is 0.658. The van der Waals surface area contributed by atoms with Crippen molar-refractivity contribution in [3.05, 3.63) is 55.9 Å². The van der Waals surface area contributed by atoms with Gasteiger partial charge in [-0.3, -0.25) is 0 Å². The zero-order chi connectivity index (χ0) is 14.0. The van der Waals surface area contributed by atoms with Gasteiger partial charge in [0.25, 0.3) is 0 Å². The molecular formula is C14H12Br2ClNO. The van der Waals surface area contributed by atoms with Crippen LogP contribution in [0.25, 0.3) is 0 Å². The first kappa shape index (κ1) is 14.9. The molecule has 100 valence electrons. The molecule has 2 aromatic rings. The van der Waals surface area contributed by atoms with Gasteiger partial charge in [-0.05, 0) is 74.7 Å². The van der Waals surface area contributed by atoms with E-state index < -0.39 is 0 Å². The molecule has 0 fully saturated rings. The van der Waals surface area contributed by atoms with E-state index in [0.29, 0.717) is 10.8 Å². The van der Waals surface area contributed by atoms with Crippen molar-refractivity contribution in [1.82, 2.24) is 0 Å². The van der Waals surface area contributed by atoms with Crippen LogP contribution in [0.5, 0.6) is 11.5 Å². The van der Waals surface area contributed by atoms with Crippen LogP contribution in [0.1, 0.15) is 18.5 Å². The van der Waals surface area contributed by atoms with Crippen molar-refractivity contribution in [2.45, 2.75) is 13.0 Å². The zero-order valence-corrected chi connectivity index (χ0v) is 14.1. The summed E-state index contributed by atoms with van der Waals surface area (Å²) in [6.45, 7) is 1.94. The smallest absolute Gasteiger partial charge is 0.141 e. The number of benzene rings is 2. The predicted molar refractivity (Wildman–Crippen MR) is 86.0 cm³/mol. The molecule has 0 amide bonds. The lowest BCUT2D eigenvalue weighted by atomic mass is 10.1. The summed E-state index contributed by atoms with van der Waals surface area (Å²) in [7, 11) is 0. The van der Waals surface area contributed by atoms with Crippen molar-refractivity contribution in [3.8, 4) is 11.5 Å². The summed E-state index contributed by atoms with van der Waals surface area (Å²) in [6, 6.07) is 11.2. The summed E-state index contributed by atoms with van der Waals surface area (Å²) in [4.78, 5) is 0. The number of hydrogen-bond acceptors (Lipinski definition) is 2. The first-order chi connectivity index (χ1) is 8.97. The van der Waals surface area contributed by atoms with Crippen LogP contribution in [0.2, 0.25) is 5.02 Å². The third kappa shape index (κ3) is 3.72. The van der Waals surface area contributed by atoms with Crippen molar-refractivity contribution >= 4 is 43.5 Å². The summed E-state index contributed by atoms with van der Waals surface area (Å²) in [5.41, 5.74) is 6.89. The monoisotopic (exact) mass is 403 g/mol. The lowest BCUT2D eigenvalue weighted by Crippen LogP contribution is -2.04.